The average molecular weight is 516 g/mol. The van der Waals surface area contributed by atoms with E-state index in [4.69, 9.17) is 19.8 Å². The van der Waals surface area contributed by atoms with Crippen LogP contribution in [-0.2, 0) is 11.5 Å². The van der Waals surface area contributed by atoms with Crippen LogP contribution in [0.1, 0.15) is 6.42 Å². The Morgan fingerprint density at radius 1 is 0.973 bits per heavy atom. The fraction of sp³-hybridized carbons (Fsp3) is 0.345. The van der Waals surface area contributed by atoms with Gasteiger partial charge in [-0.15, -0.1) is 5.10 Å². The molecule has 1 aliphatic rings. The minimum Gasteiger partial charge on any atom is -0.359 e. The number of rotatable bonds is 9. The van der Waals surface area contributed by atoms with Gasteiger partial charge < -0.3 is 9.64 Å². The predicted octanol–water partition coefficient (Wildman–Crippen LogP) is 6.53. The molecule has 1 atom stereocenters. The molecule has 5 rings (SSSR count). The molecule has 0 radical (unpaired) electrons. The maximum absolute atomic E-state index is 14.2. The summed E-state index contributed by atoms with van der Waals surface area (Å²) >= 11 is 0. The number of alkyl halides is 1. The normalized spacial score (nSPS) is 15.9. The summed E-state index contributed by atoms with van der Waals surface area (Å²) in [6, 6.07) is 23.3. The minimum atomic E-state index is -1.21. The molecule has 0 bridgehead atoms. The van der Waals surface area contributed by atoms with E-state index in [1.54, 1.807) is 6.20 Å². The Hall–Kier alpha value is -3.36. The van der Waals surface area contributed by atoms with E-state index in [1.165, 1.54) is 0 Å². The molecule has 6 nitrogen and oxygen atoms in total. The molecule has 37 heavy (non-hydrogen) atoms. The van der Waals surface area contributed by atoms with Crippen molar-refractivity contribution in [1.29, 1.82) is 0 Å². The van der Waals surface area contributed by atoms with Crippen LogP contribution in [0.5, 0.6) is 0 Å². The van der Waals surface area contributed by atoms with Crippen molar-refractivity contribution >= 4 is 13.9 Å². The first kappa shape index (κ1) is 25.3. The fourth-order valence-electron chi connectivity index (χ4n) is 4.55. The Bertz CT molecular complexity index is 1320. The first-order valence-corrected chi connectivity index (χ1v) is 16.6. The number of ether oxygens (including phenoxy) is 1. The lowest BCUT2D eigenvalue weighted by Gasteiger charge is -2.21. The number of anilines is 1. The molecule has 2 aromatic heterocycles. The van der Waals surface area contributed by atoms with Gasteiger partial charge in [0.25, 0.3) is 0 Å². The van der Waals surface area contributed by atoms with Gasteiger partial charge in [-0.05, 0) is 29.7 Å². The zero-order valence-corrected chi connectivity index (χ0v) is 22.8. The number of nitrogens with zero attached hydrogens (tertiary/aromatic N) is 5. The molecule has 0 unspecified atom stereocenters. The Morgan fingerprint density at radius 3 is 2.32 bits per heavy atom. The summed E-state index contributed by atoms with van der Waals surface area (Å²) in [4.78, 5) is 11.8. The van der Waals surface area contributed by atoms with Gasteiger partial charge in [-0.2, -0.15) is 0 Å². The molecule has 2 aromatic carbocycles. The second kappa shape index (κ2) is 10.9. The van der Waals surface area contributed by atoms with E-state index < -0.39 is 14.2 Å². The molecule has 0 N–H and O–H groups in total. The van der Waals surface area contributed by atoms with Crippen molar-refractivity contribution in [2.45, 2.75) is 45.0 Å². The van der Waals surface area contributed by atoms with E-state index in [0.29, 0.717) is 38.7 Å². The van der Waals surface area contributed by atoms with Gasteiger partial charge in [0.1, 0.15) is 18.7 Å². The third-order valence-electron chi connectivity index (χ3n) is 6.58. The molecule has 192 valence electrons. The van der Waals surface area contributed by atoms with E-state index in [-0.39, 0.29) is 0 Å². The highest BCUT2D eigenvalue weighted by Crippen LogP contribution is 2.39. The smallest absolute Gasteiger partial charge is 0.186 e. The Morgan fingerprint density at radius 2 is 1.68 bits per heavy atom. The summed E-state index contributed by atoms with van der Waals surface area (Å²) in [7, 11) is -1.21. The average Bonchev–Trinajstić information content (AvgIpc) is 3.53. The maximum Gasteiger partial charge on any atom is 0.186 e. The van der Waals surface area contributed by atoms with Crippen molar-refractivity contribution in [3.63, 3.8) is 0 Å². The molecule has 8 heteroatoms. The summed E-state index contributed by atoms with van der Waals surface area (Å²) < 4.78 is 22.2. The lowest BCUT2D eigenvalue weighted by molar-refractivity contribution is 0.0797. The molecule has 1 saturated heterocycles. The highest BCUT2D eigenvalue weighted by atomic mass is 28.3. The first-order valence-electron chi connectivity index (χ1n) is 12.9. The van der Waals surface area contributed by atoms with Crippen LogP contribution in [0, 0.1) is 0 Å². The monoisotopic (exact) mass is 515 g/mol. The van der Waals surface area contributed by atoms with E-state index in [9.17, 15) is 4.39 Å². The lowest BCUT2D eigenvalue weighted by atomic mass is 10.00. The highest BCUT2D eigenvalue weighted by Gasteiger charge is 2.29. The van der Waals surface area contributed by atoms with Crippen LogP contribution in [0.2, 0.25) is 25.7 Å². The molecule has 0 amide bonds. The van der Waals surface area contributed by atoms with Gasteiger partial charge in [0.15, 0.2) is 11.6 Å². The summed E-state index contributed by atoms with van der Waals surface area (Å²) in [6.45, 7) is 8.97. The predicted molar refractivity (Wildman–Crippen MR) is 150 cm³/mol. The Balaban J connectivity index is 1.60. The molecular weight excluding hydrogens is 481 g/mol. The fourth-order valence-corrected chi connectivity index (χ4v) is 5.30. The van der Waals surface area contributed by atoms with Gasteiger partial charge in [-0.1, -0.05) is 80.3 Å². The van der Waals surface area contributed by atoms with Gasteiger partial charge in [-0.3, -0.25) is 0 Å². The van der Waals surface area contributed by atoms with Gasteiger partial charge in [0.2, 0.25) is 0 Å². The van der Waals surface area contributed by atoms with Crippen molar-refractivity contribution in [3.05, 3.63) is 72.9 Å². The van der Waals surface area contributed by atoms with Crippen LogP contribution in [0.15, 0.2) is 72.9 Å². The topological polar surface area (TPSA) is 56.1 Å². The molecular formula is C29H34FN5OSi. The van der Waals surface area contributed by atoms with Crippen molar-refractivity contribution in [1.82, 2.24) is 19.7 Å². The van der Waals surface area contributed by atoms with Gasteiger partial charge in [-0.25, -0.2) is 19.0 Å². The van der Waals surface area contributed by atoms with Crippen molar-refractivity contribution < 1.29 is 9.13 Å². The van der Waals surface area contributed by atoms with Gasteiger partial charge in [0.05, 0.1) is 12.1 Å². The Labute approximate surface area is 219 Å². The summed E-state index contributed by atoms with van der Waals surface area (Å²) in [5.41, 5.74) is 3.80. The molecule has 1 aliphatic heterocycles. The van der Waals surface area contributed by atoms with Crippen LogP contribution in [0.25, 0.3) is 33.9 Å². The van der Waals surface area contributed by atoms with E-state index >= 15 is 0 Å². The number of hydrogen-bond acceptors (Lipinski definition) is 5. The van der Waals surface area contributed by atoms with Gasteiger partial charge >= 0.3 is 0 Å². The van der Waals surface area contributed by atoms with Gasteiger partial charge in [0, 0.05) is 33.0 Å². The first-order chi connectivity index (χ1) is 17.9. The number of halogens is 1. The lowest BCUT2D eigenvalue weighted by Crippen LogP contribution is -2.22. The third-order valence-corrected chi connectivity index (χ3v) is 8.29. The molecule has 0 spiro atoms. The van der Waals surface area contributed by atoms with Crippen molar-refractivity contribution in [2.24, 2.45) is 0 Å². The quantitative estimate of drug-likeness (QED) is 0.187. The van der Waals surface area contributed by atoms with E-state index in [2.05, 4.69) is 31.8 Å². The van der Waals surface area contributed by atoms with E-state index in [0.717, 1.165) is 39.9 Å². The van der Waals surface area contributed by atoms with Crippen LogP contribution in [-0.4, -0.2) is 53.7 Å². The summed E-state index contributed by atoms with van der Waals surface area (Å²) in [6.07, 6.45) is 1.43. The maximum atomic E-state index is 14.2. The minimum absolute atomic E-state index is 0.314. The number of pyridine rings is 1. The summed E-state index contributed by atoms with van der Waals surface area (Å²) in [5, 5.41) is 4.96. The Kier molecular flexibility index (Phi) is 7.48. The number of aromatic nitrogens is 4. The summed E-state index contributed by atoms with van der Waals surface area (Å²) in [5.74, 6) is 2.03. The molecule has 0 saturated carbocycles. The second-order valence-corrected chi connectivity index (χ2v) is 16.3. The van der Waals surface area contributed by atoms with Crippen LogP contribution in [0.3, 0.4) is 0 Å². The van der Waals surface area contributed by atoms with Crippen LogP contribution >= 0.6 is 0 Å². The number of hydrogen-bond donors (Lipinski definition) is 0. The SMILES string of the molecule is C[Si](C)(C)CCOCn1nc(-c2c(-c3ccccc3)ccnc2N2CC[C@H](F)C2)nc1-c1ccccc1. The van der Waals surface area contributed by atoms with Crippen LogP contribution in [0.4, 0.5) is 10.2 Å². The standard InChI is InChI=1S/C29H34FN5OSi/c1-37(2,3)19-18-36-21-35-28(23-12-8-5-9-13-23)32-27(33-35)26-25(22-10-6-4-7-11-22)14-16-31-29(26)34-17-15-24(30)20-34/h4-14,16,24H,15,17-21H2,1-3H3/t24-/m0/s1. The van der Waals surface area contributed by atoms with Crippen molar-refractivity contribution in [2.75, 3.05) is 24.6 Å². The second-order valence-electron chi connectivity index (χ2n) is 10.7. The third kappa shape index (κ3) is 5.97. The van der Waals surface area contributed by atoms with Crippen molar-refractivity contribution in [3.8, 4) is 33.9 Å². The largest absolute Gasteiger partial charge is 0.359 e. The zero-order chi connectivity index (χ0) is 25.8. The molecule has 0 aliphatic carbocycles. The van der Waals surface area contributed by atoms with E-state index in [1.807, 2.05) is 64.2 Å². The van der Waals surface area contributed by atoms with Crippen LogP contribution < -0.4 is 4.90 Å². The number of benzene rings is 2. The molecule has 4 aromatic rings. The highest BCUT2D eigenvalue weighted by molar-refractivity contribution is 6.76. The molecule has 3 heterocycles. The zero-order valence-electron chi connectivity index (χ0n) is 21.8. The molecule has 1 fully saturated rings.